The predicted molar refractivity (Wildman–Crippen MR) is 70.0 cm³/mol. The lowest BCUT2D eigenvalue weighted by Gasteiger charge is -2.12. The summed E-state index contributed by atoms with van der Waals surface area (Å²) in [5.41, 5.74) is 2.25. The van der Waals surface area contributed by atoms with Crippen LogP contribution in [0.3, 0.4) is 0 Å². The molecule has 1 aromatic heterocycles. The molecule has 0 amide bonds. The van der Waals surface area contributed by atoms with E-state index in [4.69, 9.17) is 4.42 Å². The SMILES string of the molecule is CNC(c1cc2cccc(C)c2o1)C1CC1C. The molecule has 1 aliphatic rings. The minimum atomic E-state index is 0.372. The van der Waals surface area contributed by atoms with Crippen molar-refractivity contribution in [2.24, 2.45) is 11.8 Å². The molecule has 1 aliphatic carbocycles. The highest BCUT2D eigenvalue weighted by molar-refractivity contribution is 5.81. The molecule has 3 unspecified atom stereocenters. The maximum Gasteiger partial charge on any atom is 0.137 e. The van der Waals surface area contributed by atoms with Gasteiger partial charge in [-0.25, -0.2) is 0 Å². The van der Waals surface area contributed by atoms with Gasteiger partial charge < -0.3 is 9.73 Å². The molecule has 1 fully saturated rings. The highest BCUT2D eigenvalue weighted by Gasteiger charge is 2.40. The Labute approximate surface area is 102 Å². The lowest BCUT2D eigenvalue weighted by molar-refractivity contribution is 0.407. The van der Waals surface area contributed by atoms with E-state index in [2.05, 4.69) is 43.4 Å². The third kappa shape index (κ3) is 1.77. The summed E-state index contributed by atoms with van der Waals surface area (Å²) >= 11 is 0. The third-order valence-electron chi connectivity index (χ3n) is 3.98. The number of hydrogen-bond donors (Lipinski definition) is 1. The number of para-hydroxylation sites is 1. The summed E-state index contributed by atoms with van der Waals surface area (Å²) in [4.78, 5) is 0. The van der Waals surface area contributed by atoms with Crippen LogP contribution in [0.4, 0.5) is 0 Å². The molecule has 2 nitrogen and oxygen atoms in total. The summed E-state index contributed by atoms with van der Waals surface area (Å²) in [6, 6.07) is 8.87. The number of furan rings is 1. The van der Waals surface area contributed by atoms with Crippen molar-refractivity contribution in [3.63, 3.8) is 0 Å². The molecule has 1 aromatic carbocycles. The standard InChI is InChI=1S/C15H19NO/c1-9-5-4-6-11-8-13(17-15(9)11)14(16-3)12-7-10(12)2/h4-6,8,10,12,14,16H,7H2,1-3H3. The van der Waals surface area contributed by atoms with Gasteiger partial charge in [0.1, 0.15) is 11.3 Å². The van der Waals surface area contributed by atoms with Gasteiger partial charge >= 0.3 is 0 Å². The molecule has 1 N–H and O–H groups in total. The Balaban J connectivity index is 2.02. The number of nitrogens with one attached hydrogen (secondary N) is 1. The van der Waals surface area contributed by atoms with Gasteiger partial charge in [0.25, 0.3) is 0 Å². The van der Waals surface area contributed by atoms with Crippen LogP contribution in [0.2, 0.25) is 0 Å². The first-order valence-electron chi connectivity index (χ1n) is 6.37. The van der Waals surface area contributed by atoms with Gasteiger partial charge in [-0.15, -0.1) is 0 Å². The van der Waals surface area contributed by atoms with E-state index in [9.17, 15) is 0 Å². The van der Waals surface area contributed by atoms with Gasteiger partial charge in [0.05, 0.1) is 6.04 Å². The Kier molecular flexibility index (Phi) is 2.48. The number of benzene rings is 1. The summed E-state index contributed by atoms with van der Waals surface area (Å²) in [6.07, 6.45) is 1.31. The Hall–Kier alpha value is -1.28. The lowest BCUT2D eigenvalue weighted by atomic mass is 10.1. The second-order valence-corrected chi connectivity index (χ2v) is 5.29. The van der Waals surface area contributed by atoms with Gasteiger partial charge in [-0.2, -0.15) is 0 Å². The number of hydrogen-bond acceptors (Lipinski definition) is 2. The van der Waals surface area contributed by atoms with Crippen LogP contribution in [0.25, 0.3) is 11.0 Å². The van der Waals surface area contributed by atoms with Crippen LogP contribution in [0.15, 0.2) is 28.7 Å². The molecule has 0 saturated heterocycles. The number of aryl methyl sites for hydroxylation is 1. The average Bonchev–Trinajstić information content (AvgIpc) is 2.87. The molecule has 0 spiro atoms. The summed E-state index contributed by atoms with van der Waals surface area (Å²) in [6.45, 7) is 4.41. The minimum Gasteiger partial charge on any atom is -0.459 e. The van der Waals surface area contributed by atoms with Crippen molar-refractivity contribution in [2.45, 2.75) is 26.3 Å². The Morgan fingerprint density at radius 3 is 2.76 bits per heavy atom. The van der Waals surface area contributed by atoms with Gasteiger partial charge in [0.15, 0.2) is 0 Å². The van der Waals surface area contributed by atoms with E-state index in [1.54, 1.807) is 0 Å². The van der Waals surface area contributed by atoms with Crippen molar-refractivity contribution in [2.75, 3.05) is 7.05 Å². The van der Waals surface area contributed by atoms with Crippen molar-refractivity contribution in [3.8, 4) is 0 Å². The second-order valence-electron chi connectivity index (χ2n) is 5.29. The normalized spacial score (nSPS) is 25.1. The van der Waals surface area contributed by atoms with E-state index < -0.39 is 0 Å². The molecule has 0 radical (unpaired) electrons. The van der Waals surface area contributed by atoms with Crippen LogP contribution in [0.5, 0.6) is 0 Å². The topological polar surface area (TPSA) is 25.2 Å². The first-order chi connectivity index (χ1) is 8.20. The summed E-state index contributed by atoms with van der Waals surface area (Å²) in [5.74, 6) is 2.65. The van der Waals surface area contributed by atoms with Crippen molar-refractivity contribution in [1.29, 1.82) is 0 Å². The predicted octanol–water partition coefficient (Wildman–Crippen LogP) is 3.66. The molecular weight excluding hydrogens is 210 g/mol. The van der Waals surface area contributed by atoms with E-state index in [0.29, 0.717) is 6.04 Å². The molecule has 0 bridgehead atoms. The van der Waals surface area contributed by atoms with Gasteiger partial charge in [-0.05, 0) is 43.9 Å². The highest BCUT2D eigenvalue weighted by Crippen LogP contribution is 2.47. The van der Waals surface area contributed by atoms with Crippen molar-refractivity contribution < 1.29 is 4.42 Å². The van der Waals surface area contributed by atoms with Gasteiger partial charge in [-0.1, -0.05) is 25.1 Å². The van der Waals surface area contributed by atoms with E-state index >= 15 is 0 Å². The first-order valence-corrected chi connectivity index (χ1v) is 6.37. The van der Waals surface area contributed by atoms with E-state index in [0.717, 1.165) is 23.2 Å². The lowest BCUT2D eigenvalue weighted by Crippen LogP contribution is -2.18. The van der Waals surface area contributed by atoms with Crippen LogP contribution in [0.1, 0.15) is 30.7 Å². The molecule has 1 saturated carbocycles. The first kappa shape index (κ1) is 10.8. The Bertz CT molecular complexity index is 543. The smallest absolute Gasteiger partial charge is 0.137 e. The van der Waals surface area contributed by atoms with E-state index in [-0.39, 0.29) is 0 Å². The van der Waals surface area contributed by atoms with E-state index in [1.807, 2.05) is 7.05 Å². The van der Waals surface area contributed by atoms with Crippen LogP contribution < -0.4 is 5.32 Å². The average molecular weight is 229 g/mol. The Morgan fingerprint density at radius 1 is 1.41 bits per heavy atom. The monoisotopic (exact) mass is 229 g/mol. The van der Waals surface area contributed by atoms with Crippen LogP contribution in [0, 0.1) is 18.8 Å². The molecule has 2 heteroatoms. The van der Waals surface area contributed by atoms with E-state index in [1.165, 1.54) is 17.4 Å². The molecule has 1 heterocycles. The zero-order valence-corrected chi connectivity index (χ0v) is 10.7. The second kappa shape index (κ2) is 3.88. The molecular formula is C15H19NO. The zero-order valence-electron chi connectivity index (χ0n) is 10.7. The zero-order chi connectivity index (χ0) is 12.0. The molecule has 17 heavy (non-hydrogen) atoms. The van der Waals surface area contributed by atoms with Crippen molar-refractivity contribution in [3.05, 3.63) is 35.6 Å². The fourth-order valence-corrected chi connectivity index (χ4v) is 2.76. The third-order valence-corrected chi connectivity index (χ3v) is 3.98. The fraction of sp³-hybridized carbons (Fsp3) is 0.467. The van der Waals surface area contributed by atoms with Crippen LogP contribution in [-0.2, 0) is 0 Å². The fourth-order valence-electron chi connectivity index (χ4n) is 2.76. The molecule has 90 valence electrons. The largest absolute Gasteiger partial charge is 0.459 e. The van der Waals surface area contributed by atoms with Gasteiger partial charge in [-0.3, -0.25) is 0 Å². The highest BCUT2D eigenvalue weighted by atomic mass is 16.3. The van der Waals surface area contributed by atoms with Gasteiger partial charge in [0, 0.05) is 5.39 Å². The molecule has 3 rings (SSSR count). The van der Waals surface area contributed by atoms with Crippen molar-refractivity contribution in [1.82, 2.24) is 5.32 Å². The van der Waals surface area contributed by atoms with Crippen LogP contribution >= 0.6 is 0 Å². The summed E-state index contributed by atoms with van der Waals surface area (Å²) in [5, 5.41) is 4.61. The minimum absolute atomic E-state index is 0.372. The summed E-state index contributed by atoms with van der Waals surface area (Å²) < 4.78 is 6.04. The van der Waals surface area contributed by atoms with Crippen LogP contribution in [-0.4, -0.2) is 7.05 Å². The maximum absolute atomic E-state index is 6.04. The van der Waals surface area contributed by atoms with Gasteiger partial charge in [0.2, 0.25) is 0 Å². The number of fused-ring (bicyclic) bond motifs is 1. The molecule has 0 aliphatic heterocycles. The molecule has 3 atom stereocenters. The Morgan fingerprint density at radius 2 is 2.18 bits per heavy atom. The number of rotatable bonds is 3. The summed E-state index contributed by atoms with van der Waals surface area (Å²) in [7, 11) is 2.02. The molecule has 2 aromatic rings. The quantitative estimate of drug-likeness (QED) is 0.869. The maximum atomic E-state index is 6.04. The van der Waals surface area contributed by atoms with Crippen molar-refractivity contribution >= 4 is 11.0 Å².